The van der Waals surface area contributed by atoms with Gasteiger partial charge in [0.05, 0.1) is 24.8 Å². The van der Waals surface area contributed by atoms with E-state index in [0.29, 0.717) is 19.8 Å². The molecule has 1 aromatic carbocycles. The number of hydrogen-bond acceptors (Lipinski definition) is 5. The number of amidine groups is 1. The lowest BCUT2D eigenvalue weighted by atomic mass is 10.1. The van der Waals surface area contributed by atoms with Crippen molar-refractivity contribution < 1.29 is 13.2 Å². The van der Waals surface area contributed by atoms with Crippen molar-refractivity contribution in [1.29, 1.82) is 0 Å². The fraction of sp³-hybridized carbons (Fsp3) is 0.417. The van der Waals surface area contributed by atoms with Gasteiger partial charge in [-0.15, -0.1) is 0 Å². The molecule has 0 saturated carbocycles. The number of fused-ring (bicyclic) bond motifs is 1. The minimum Gasteiger partial charge on any atom is -0.368 e. The van der Waals surface area contributed by atoms with Crippen LogP contribution in [0.4, 0.5) is 18.9 Å². The van der Waals surface area contributed by atoms with Crippen LogP contribution in [0.15, 0.2) is 29.4 Å². The molecule has 0 aromatic heterocycles. The topological polar surface area (TPSA) is 51.7 Å². The van der Waals surface area contributed by atoms with E-state index in [-0.39, 0.29) is 11.9 Å². The maximum atomic E-state index is 12.9. The molecule has 0 bridgehead atoms. The summed E-state index contributed by atoms with van der Waals surface area (Å²) in [5, 5.41) is 10.1. The molecule has 0 spiro atoms. The lowest BCUT2D eigenvalue weighted by molar-refractivity contribution is -0.137. The first-order valence-electron chi connectivity index (χ1n) is 6.24. The Balaban J connectivity index is 1.74. The maximum Gasteiger partial charge on any atom is 0.418 e. The molecule has 8 heteroatoms. The Hall–Kier alpha value is -1.96. The van der Waals surface area contributed by atoms with E-state index in [9.17, 15) is 13.2 Å². The molecule has 3 rings (SSSR count). The average molecular weight is 285 g/mol. The van der Waals surface area contributed by atoms with E-state index < -0.39 is 11.7 Å². The molecule has 1 fully saturated rings. The smallest absolute Gasteiger partial charge is 0.368 e. The Morgan fingerprint density at radius 1 is 1.30 bits per heavy atom. The van der Waals surface area contributed by atoms with Crippen molar-refractivity contribution in [2.24, 2.45) is 5.10 Å². The van der Waals surface area contributed by atoms with Gasteiger partial charge in [-0.3, -0.25) is 10.7 Å². The van der Waals surface area contributed by atoms with Gasteiger partial charge >= 0.3 is 6.18 Å². The SMILES string of the molecule is FC(F)(F)c1ccccc1NC1CN2CNN=C2CN1. The number of nitrogens with zero attached hydrogens (tertiary/aromatic N) is 2. The first-order chi connectivity index (χ1) is 9.54. The van der Waals surface area contributed by atoms with Gasteiger partial charge in [0.15, 0.2) is 0 Å². The normalized spacial score (nSPS) is 22.1. The number of alkyl halides is 3. The van der Waals surface area contributed by atoms with Gasteiger partial charge < -0.3 is 10.2 Å². The van der Waals surface area contributed by atoms with Crippen molar-refractivity contribution in [3.8, 4) is 0 Å². The van der Waals surface area contributed by atoms with E-state index in [2.05, 4.69) is 21.2 Å². The number of hydrogen-bond donors (Lipinski definition) is 3. The van der Waals surface area contributed by atoms with Gasteiger partial charge in [0, 0.05) is 5.69 Å². The van der Waals surface area contributed by atoms with Crippen LogP contribution < -0.4 is 16.1 Å². The molecule has 2 aliphatic heterocycles. The van der Waals surface area contributed by atoms with E-state index in [4.69, 9.17) is 0 Å². The second-order valence-corrected chi connectivity index (χ2v) is 4.69. The number of benzene rings is 1. The van der Waals surface area contributed by atoms with Gasteiger partial charge in [-0.1, -0.05) is 12.1 Å². The number of rotatable bonds is 2. The summed E-state index contributed by atoms with van der Waals surface area (Å²) in [5.41, 5.74) is 2.29. The van der Waals surface area contributed by atoms with Crippen LogP contribution in [0.5, 0.6) is 0 Å². The summed E-state index contributed by atoms with van der Waals surface area (Å²) in [6.07, 6.45) is -4.61. The summed E-state index contributed by atoms with van der Waals surface area (Å²) in [6, 6.07) is 5.49. The minimum atomic E-state index is -4.36. The third-order valence-corrected chi connectivity index (χ3v) is 3.31. The quantitative estimate of drug-likeness (QED) is 0.765. The summed E-state index contributed by atoms with van der Waals surface area (Å²) < 4.78 is 38.8. The maximum absolute atomic E-state index is 12.9. The predicted molar refractivity (Wildman–Crippen MR) is 69.0 cm³/mol. The molecule has 2 aliphatic rings. The summed E-state index contributed by atoms with van der Waals surface area (Å²) in [7, 11) is 0. The number of para-hydroxylation sites is 1. The molecule has 5 nitrogen and oxygen atoms in total. The highest BCUT2D eigenvalue weighted by Gasteiger charge is 2.34. The molecule has 108 valence electrons. The molecule has 20 heavy (non-hydrogen) atoms. The standard InChI is InChI=1S/C12H14F3N5/c13-12(14,15)8-3-1-2-4-9(8)18-10-6-20-7-17-19-11(20)5-16-10/h1-4,10,16-18H,5-7H2. The molecular formula is C12H14F3N5. The Morgan fingerprint density at radius 3 is 2.90 bits per heavy atom. The van der Waals surface area contributed by atoms with Crippen LogP contribution in [-0.2, 0) is 6.18 Å². The number of hydrazone groups is 1. The second kappa shape index (κ2) is 4.86. The van der Waals surface area contributed by atoms with Crippen LogP contribution in [-0.4, -0.2) is 36.7 Å². The molecule has 0 radical (unpaired) electrons. The zero-order valence-corrected chi connectivity index (χ0v) is 10.5. The minimum absolute atomic E-state index is 0.0880. The van der Waals surface area contributed by atoms with Gasteiger partial charge in [0.25, 0.3) is 0 Å². The molecule has 2 heterocycles. The highest BCUT2D eigenvalue weighted by atomic mass is 19.4. The predicted octanol–water partition coefficient (Wildman–Crippen LogP) is 1.22. The van der Waals surface area contributed by atoms with Gasteiger partial charge in [0.1, 0.15) is 12.5 Å². The Labute approximate surface area is 113 Å². The second-order valence-electron chi connectivity index (χ2n) is 4.69. The van der Waals surface area contributed by atoms with E-state index in [1.54, 1.807) is 6.07 Å². The summed E-state index contributed by atoms with van der Waals surface area (Å²) in [6.45, 7) is 1.67. The van der Waals surface area contributed by atoms with Crippen LogP contribution in [0.1, 0.15) is 5.56 Å². The lowest BCUT2D eigenvalue weighted by Gasteiger charge is -2.33. The first kappa shape index (κ1) is 13.0. The first-order valence-corrected chi connectivity index (χ1v) is 6.24. The van der Waals surface area contributed by atoms with Gasteiger partial charge in [-0.05, 0) is 12.1 Å². The Morgan fingerprint density at radius 2 is 2.10 bits per heavy atom. The molecule has 1 saturated heterocycles. The highest BCUT2D eigenvalue weighted by molar-refractivity contribution is 5.86. The summed E-state index contributed by atoms with van der Waals surface area (Å²) in [5.74, 6) is 0.882. The Kier molecular flexibility index (Phi) is 3.17. The van der Waals surface area contributed by atoms with Crippen molar-refractivity contribution in [2.75, 3.05) is 25.1 Å². The fourth-order valence-corrected chi connectivity index (χ4v) is 2.34. The number of nitrogens with one attached hydrogen (secondary N) is 3. The third-order valence-electron chi connectivity index (χ3n) is 3.31. The number of halogens is 3. The van der Waals surface area contributed by atoms with E-state index >= 15 is 0 Å². The number of piperazine rings is 1. The zero-order chi connectivity index (χ0) is 14.2. The van der Waals surface area contributed by atoms with Gasteiger partial charge in [-0.2, -0.15) is 18.3 Å². The van der Waals surface area contributed by atoms with Crippen molar-refractivity contribution in [3.05, 3.63) is 29.8 Å². The van der Waals surface area contributed by atoms with Gasteiger partial charge in [0.2, 0.25) is 0 Å². The van der Waals surface area contributed by atoms with Crippen LogP contribution in [0.2, 0.25) is 0 Å². The number of anilines is 1. The van der Waals surface area contributed by atoms with Gasteiger partial charge in [-0.25, -0.2) is 0 Å². The molecule has 0 amide bonds. The average Bonchev–Trinajstić information content (AvgIpc) is 2.85. The molecule has 1 aromatic rings. The van der Waals surface area contributed by atoms with E-state index in [0.717, 1.165) is 11.9 Å². The zero-order valence-electron chi connectivity index (χ0n) is 10.5. The van der Waals surface area contributed by atoms with Crippen LogP contribution >= 0.6 is 0 Å². The molecular weight excluding hydrogens is 271 g/mol. The lowest BCUT2D eigenvalue weighted by Crippen LogP contribution is -2.56. The summed E-state index contributed by atoms with van der Waals surface area (Å²) >= 11 is 0. The Bertz CT molecular complexity index is 528. The molecule has 1 atom stereocenters. The van der Waals surface area contributed by atoms with Crippen LogP contribution in [0.25, 0.3) is 0 Å². The van der Waals surface area contributed by atoms with Crippen LogP contribution in [0, 0.1) is 0 Å². The molecule has 3 N–H and O–H groups in total. The van der Waals surface area contributed by atoms with Crippen molar-refractivity contribution in [2.45, 2.75) is 12.3 Å². The third kappa shape index (κ3) is 2.51. The molecule has 1 unspecified atom stereocenters. The van der Waals surface area contributed by atoms with Crippen molar-refractivity contribution >= 4 is 11.5 Å². The monoisotopic (exact) mass is 285 g/mol. The molecule has 0 aliphatic carbocycles. The highest BCUT2D eigenvalue weighted by Crippen LogP contribution is 2.34. The van der Waals surface area contributed by atoms with Crippen molar-refractivity contribution in [1.82, 2.24) is 15.6 Å². The van der Waals surface area contributed by atoms with Crippen molar-refractivity contribution in [3.63, 3.8) is 0 Å². The van der Waals surface area contributed by atoms with Crippen LogP contribution in [0.3, 0.4) is 0 Å². The fourth-order valence-electron chi connectivity index (χ4n) is 2.34. The van der Waals surface area contributed by atoms with E-state index in [1.165, 1.54) is 12.1 Å². The van der Waals surface area contributed by atoms with E-state index in [1.807, 2.05) is 4.90 Å². The summed E-state index contributed by atoms with van der Waals surface area (Å²) in [4.78, 5) is 1.99. The largest absolute Gasteiger partial charge is 0.418 e.